The van der Waals surface area contributed by atoms with Gasteiger partial charge in [0.15, 0.2) is 0 Å². The molecule has 0 heterocycles. The fraction of sp³-hybridized carbons (Fsp3) is 0.409. The summed E-state index contributed by atoms with van der Waals surface area (Å²) in [7, 11) is 0. The van der Waals surface area contributed by atoms with Crippen molar-refractivity contribution in [3.05, 3.63) is 53.6 Å². The third-order valence-corrected chi connectivity index (χ3v) is 5.97. The van der Waals surface area contributed by atoms with Crippen LogP contribution in [0.2, 0.25) is 5.02 Å². The molecular formula is C22H24ClNO2. The third-order valence-electron chi connectivity index (χ3n) is 5.73. The number of anilines is 1. The zero-order valence-electron chi connectivity index (χ0n) is 14.8. The van der Waals surface area contributed by atoms with Crippen LogP contribution in [0.4, 0.5) is 10.5 Å². The van der Waals surface area contributed by atoms with Gasteiger partial charge in [0.2, 0.25) is 0 Å². The number of benzene rings is 2. The molecule has 0 radical (unpaired) electrons. The molecule has 2 aromatic rings. The van der Waals surface area contributed by atoms with E-state index < -0.39 is 0 Å². The molecule has 0 aliphatic heterocycles. The number of rotatable bonds is 4. The Morgan fingerprint density at radius 2 is 1.81 bits per heavy atom. The standard InChI is InChI=1S/C22H24ClNO2/c23-19-5-3-4-18(13-19)20-6-1-2-7-21(20)24-22(25)26-14-17-11-15-8-9-16(10-15)12-17/h1-7,13,15-17H,8-12,14H2,(H,24,25). The second-order valence-electron chi connectivity index (χ2n) is 7.66. The maximum absolute atomic E-state index is 12.3. The van der Waals surface area contributed by atoms with Crippen LogP contribution in [0.15, 0.2) is 48.5 Å². The Kier molecular flexibility index (Phi) is 5.16. The summed E-state index contributed by atoms with van der Waals surface area (Å²) < 4.78 is 5.55. The average Bonchev–Trinajstić information content (AvgIpc) is 2.98. The smallest absolute Gasteiger partial charge is 0.411 e. The van der Waals surface area contributed by atoms with Gasteiger partial charge < -0.3 is 4.74 Å². The number of halogens is 1. The molecule has 2 aliphatic carbocycles. The third kappa shape index (κ3) is 4.04. The van der Waals surface area contributed by atoms with Crippen molar-refractivity contribution < 1.29 is 9.53 Å². The normalized spacial score (nSPS) is 24.3. The predicted octanol–water partition coefficient (Wildman–Crippen LogP) is 6.38. The minimum absolute atomic E-state index is 0.377. The van der Waals surface area contributed by atoms with Gasteiger partial charge in [-0.3, -0.25) is 5.32 Å². The van der Waals surface area contributed by atoms with Gasteiger partial charge in [-0.1, -0.05) is 54.8 Å². The van der Waals surface area contributed by atoms with Crippen molar-refractivity contribution >= 4 is 23.4 Å². The van der Waals surface area contributed by atoms with E-state index in [2.05, 4.69) is 5.32 Å². The number of carbonyl (C=O) groups excluding carboxylic acids is 1. The molecule has 2 unspecified atom stereocenters. The molecule has 2 aliphatic rings. The first kappa shape index (κ1) is 17.4. The van der Waals surface area contributed by atoms with Crippen LogP contribution in [0.3, 0.4) is 0 Å². The Hall–Kier alpha value is -2.00. The minimum atomic E-state index is -0.377. The van der Waals surface area contributed by atoms with E-state index in [1.807, 2.05) is 48.5 Å². The van der Waals surface area contributed by atoms with E-state index >= 15 is 0 Å². The Morgan fingerprint density at radius 1 is 1.04 bits per heavy atom. The summed E-state index contributed by atoms with van der Waals surface area (Å²) in [5.74, 6) is 2.23. The van der Waals surface area contributed by atoms with Crippen LogP contribution in [0.1, 0.15) is 32.1 Å². The van der Waals surface area contributed by atoms with Crippen molar-refractivity contribution in [3.8, 4) is 11.1 Å². The van der Waals surface area contributed by atoms with Gasteiger partial charge in [0.1, 0.15) is 0 Å². The molecule has 0 saturated heterocycles. The number of nitrogens with one attached hydrogen (secondary N) is 1. The Labute approximate surface area is 159 Å². The first-order chi connectivity index (χ1) is 12.7. The van der Waals surface area contributed by atoms with Crippen molar-refractivity contribution in [2.24, 2.45) is 17.8 Å². The summed E-state index contributed by atoms with van der Waals surface area (Å²) in [5.41, 5.74) is 2.64. The van der Waals surface area contributed by atoms with Crippen molar-refractivity contribution in [1.29, 1.82) is 0 Å². The Balaban J connectivity index is 1.39. The van der Waals surface area contributed by atoms with E-state index in [0.717, 1.165) is 28.7 Å². The second kappa shape index (κ2) is 7.71. The highest BCUT2D eigenvalue weighted by atomic mass is 35.5. The topological polar surface area (TPSA) is 38.3 Å². The second-order valence-corrected chi connectivity index (χ2v) is 8.10. The van der Waals surface area contributed by atoms with Gasteiger partial charge in [-0.2, -0.15) is 0 Å². The molecule has 1 amide bonds. The van der Waals surface area contributed by atoms with E-state index in [1.54, 1.807) is 0 Å². The molecule has 0 aromatic heterocycles. The van der Waals surface area contributed by atoms with Gasteiger partial charge in [-0.25, -0.2) is 4.79 Å². The summed E-state index contributed by atoms with van der Waals surface area (Å²) in [6.07, 6.45) is 6.15. The van der Waals surface area contributed by atoms with Crippen molar-refractivity contribution in [3.63, 3.8) is 0 Å². The van der Waals surface area contributed by atoms with Gasteiger partial charge >= 0.3 is 6.09 Å². The first-order valence-electron chi connectivity index (χ1n) is 9.46. The van der Waals surface area contributed by atoms with Crippen molar-refractivity contribution in [2.75, 3.05) is 11.9 Å². The van der Waals surface area contributed by atoms with E-state index in [4.69, 9.17) is 16.3 Å². The monoisotopic (exact) mass is 369 g/mol. The maximum Gasteiger partial charge on any atom is 0.411 e. The fourth-order valence-electron chi connectivity index (χ4n) is 4.62. The lowest BCUT2D eigenvalue weighted by atomic mass is 9.81. The van der Waals surface area contributed by atoms with E-state index in [0.29, 0.717) is 17.5 Å². The van der Waals surface area contributed by atoms with Crippen LogP contribution in [-0.4, -0.2) is 12.7 Å². The molecule has 4 heteroatoms. The highest BCUT2D eigenvalue weighted by molar-refractivity contribution is 6.30. The molecule has 1 N–H and O–H groups in total. The summed E-state index contributed by atoms with van der Waals surface area (Å²) in [6, 6.07) is 15.3. The van der Waals surface area contributed by atoms with Gasteiger partial charge in [-0.05, 0) is 60.8 Å². The molecule has 4 rings (SSSR count). The molecule has 3 nitrogen and oxygen atoms in total. The number of carbonyl (C=O) groups is 1. The lowest BCUT2D eigenvalue weighted by molar-refractivity contribution is 0.114. The van der Waals surface area contributed by atoms with Crippen LogP contribution in [0.25, 0.3) is 11.1 Å². The number of amides is 1. The van der Waals surface area contributed by atoms with Gasteiger partial charge in [-0.15, -0.1) is 0 Å². The minimum Gasteiger partial charge on any atom is -0.449 e. The van der Waals surface area contributed by atoms with Crippen molar-refractivity contribution in [1.82, 2.24) is 0 Å². The van der Waals surface area contributed by atoms with Crippen LogP contribution in [0.5, 0.6) is 0 Å². The molecule has 2 aromatic carbocycles. The molecule has 2 atom stereocenters. The molecule has 2 fully saturated rings. The zero-order valence-corrected chi connectivity index (χ0v) is 15.5. The van der Waals surface area contributed by atoms with Gasteiger partial charge in [0, 0.05) is 10.6 Å². The molecule has 2 bridgehead atoms. The number of fused-ring (bicyclic) bond motifs is 2. The zero-order chi connectivity index (χ0) is 17.9. The number of hydrogen-bond acceptors (Lipinski definition) is 2. The maximum atomic E-state index is 12.3. The van der Waals surface area contributed by atoms with Crippen LogP contribution in [-0.2, 0) is 4.74 Å². The van der Waals surface area contributed by atoms with E-state index in [9.17, 15) is 4.79 Å². The Bertz CT molecular complexity index is 779. The summed E-state index contributed by atoms with van der Waals surface area (Å²) in [6.45, 7) is 0.526. The van der Waals surface area contributed by atoms with Gasteiger partial charge in [0.25, 0.3) is 0 Å². The van der Waals surface area contributed by atoms with Crippen LogP contribution in [0, 0.1) is 17.8 Å². The predicted molar refractivity (Wildman–Crippen MR) is 105 cm³/mol. The first-order valence-corrected chi connectivity index (χ1v) is 9.84. The SMILES string of the molecule is O=C(Nc1ccccc1-c1cccc(Cl)c1)OCC1CC2CCC(C2)C1. The van der Waals surface area contributed by atoms with Crippen LogP contribution >= 0.6 is 11.6 Å². The number of hydrogen-bond donors (Lipinski definition) is 1. The highest BCUT2D eigenvalue weighted by Crippen LogP contribution is 2.44. The average molecular weight is 370 g/mol. The molecule has 136 valence electrons. The largest absolute Gasteiger partial charge is 0.449 e. The fourth-order valence-corrected chi connectivity index (χ4v) is 4.81. The lowest BCUT2D eigenvalue weighted by Crippen LogP contribution is -2.24. The summed E-state index contributed by atoms with van der Waals surface area (Å²) in [4.78, 5) is 12.3. The molecule has 26 heavy (non-hydrogen) atoms. The Morgan fingerprint density at radius 3 is 2.58 bits per heavy atom. The van der Waals surface area contributed by atoms with Crippen molar-refractivity contribution in [2.45, 2.75) is 32.1 Å². The lowest BCUT2D eigenvalue weighted by Gasteiger charge is -2.27. The van der Waals surface area contributed by atoms with E-state index in [-0.39, 0.29) is 6.09 Å². The number of para-hydroxylation sites is 1. The molecule has 0 spiro atoms. The summed E-state index contributed by atoms with van der Waals surface area (Å²) >= 11 is 6.11. The quantitative estimate of drug-likeness (QED) is 0.678. The molecular weight excluding hydrogens is 346 g/mol. The molecule has 2 saturated carbocycles. The number of ether oxygens (including phenoxy) is 1. The highest BCUT2D eigenvalue weighted by Gasteiger charge is 2.34. The summed E-state index contributed by atoms with van der Waals surface area (Å²) in [5, 5.41) is 3.57. The van der Waals surface area contributed by atoms with E-state index in [1.165, 1.54) is 32.1 Å². The van der Waals surface area contributed by atoms with Crippen LogP contribution < -0.4 is 5.32 Å². The van der Waals surface area contributed by atoms with Gasteiger partial charge in [0.05, 0.1) is 12.3 Å².